The highest BCUT2D eigenvalue weighted by Gasteiger charge is 2.31. The van der Waals surface area contributed by atoms with Crippen LogP contribution in [0.3, 0.4) is 0 Å². The lowest BCUT2D eigenvalue weighted by Crippen LogP contribution is -2.28. The molecule has 0 rings (SSSR count). The van der Waals surface area contributed by atoms with Crippen LogP contribution in [0, 0.1) is 5.41 Å². The molecule has 0 spiro atoms. The van der Waals surface area contributed by atoms with Gasteiger partial charge in [0, 0.05) is 0 Å². The van der Waals surface area contributed by atoms with Gasteiger partial charge in [-0.3, -0.25) is 4.79 Å². The largest absolute Gasteiger partial charge is 0.435 e. The van der Waals surface area contributed by atoms with Crippen molar-refractivity contribution in [3.8, 4) is 0 Å². The van der Waals surface area contributed by atoms with Crippen molar-refractivity contribution in [2.24, 2.45) is 5.41 Å². The molecule has 0 saturated carbocycles. The Balaban J connectivity index is 4.15. The highest BCUT2D eigenvalue weighted by atomic mass is 16.5. The minimum Gasteiger partial charge on any atom is -0.435 e. The molecule has 0 bridgehead atoms. The van der Waals surface area contributed by atoms with E-state index in [2.05, 4.69) is 13.5 Å². The zero-order valence-corrected chi connectivity index (χ0v) is 9.64. The average Bonchev–Trinajstić information content (AvgIpc) is 2.18. The molecular weight excluding hydrogens is 176 g/mol. The first-order valence-corrected chi connectivity index (χ1v) is 5.42. The van der Waals surface area contributed by atoms with E-state index < -0.39 is 0 Å². The van der Waals surface area contributed by atoms with Crippen LogP contribution < -0.4 is 0 Å². The van der Waals surface area contributed by atoms with E-state index in [0.29, 0.717) is 0 Å². The predicted molar refractivity (Wildman–Crippen MR) is 58.8 cm³/mol. The molecule has 0 heterocycles. The Bertz CT molecular complexity index is 187. The second kappa shape index (κ2) is 6.63. The van der Waals surface area contributed by atoms with Crippen molar-refractivity contribution in [3.63, 3.8) is 0 Å². The van der Waals surface area contributed by atoms with E-state index in [-0.39, 0.29) is 11.4 Å². The fraction of sp³-hybridized carbons (Fsp3) is 0.750. The van der Waals surface area contributed by atoms with Crippen LogP contribution in [0.15, 0.2) is 12.8 Å². The highest BCUT2D eigenvalue weighted by molar-refractivity contribution is 5.76. The van der Waals surface area contributed by atoms with Crippen LogP contribution >= 0.6 is 0 Å². The molecule has 14 heavy (non-hydrogen) atoms. The summed E-state index contributed by atoms with van der Waals surface area (Å²) in [5.41, 5.74) is -0.330. The molecule has 0 saturated heterocycles. The van der Waals surface area contributed by atoms with Crippen molar-refractivity contribution >= 4 is 5.97 Å². The van der Waals surface area contributed by atoms with Gasteiger partial charge in [0.15, 0.2) is 0 Å². The molecular formula is C12H22O2. The van der Waals surface area contributed by atoms with Gasteiger partial charge in [0.2, 0.25) is 0 Å². The number of unbranched alkanes of at least 4 members (excludes halogenated alkanes) is 2. The lowest BCUT2D eigenvalue weighted by molar-refractivity contribution is -0.149. The molecule has 0 fully saturated rings. The van der Waals surface area contributed by atoms with Gasteiger partial charge < -0.3 is 4.74 Å². The zero-order valence-electron chi connectivity index (χ0n) is 9.64. The fourth-order valence-corrected chi connectivity index (χ4v) is 1.41. The summed E-state index contributed by atoms with van der Waals surface area (Å²) >= 11 is 0. The molecule has 0 amide bonds. The van der Waals surface area contributed by atoms with Crippen molar-refractivity contribution in [2.75, 3.05) is 0 Å². The second-order valence-electron chi connectivity index (χ2n) is 3.94. The first-order chi connectivity index (χ1) is 6.60. The summed E-state index contributed by atoms with van der Waals surface area (Å²) in [6.45, 7) is 9.55. The second-order valence-corrected chi connectivity index (χ2v) is 3.94. The first-order valence-electron chi connectivity index (χ1n) is 5.42. The maximum Gasteiger partial charge on any atom is 0.316 e. The van der Waals surface area contributed by atoms with E-state index in [1.807, 2.05) is 13.8 Å². The topological polar surface area (TPSA) is 26.3 Å². The van der Waals surface area contributed by atoms with Crippen molar-refractivity contribution in [1.82, 2.24) is 0 Å². The highest BCUT2D eigenvalue weighted by Crippen LogP contribution is 2.30. The average molecular weight is 198 g/mol. The SMILES string of the molecule is C=COC(=O)C(C)(CC)CCCCC. The van der Waals surface area contributed by atoms with Gasteiger partial charge in [-0.05, 0) is 19.8 Å². The maximum atomic E-state index is 11.6. The molecule has 2 heteroatoms. The third-order valence-electron chi connectivity index (χ3n) is 2.80. The molecule has 82 valence electrons. The Hall–Kier alpha value is -0.790. The summed E-state index contributed by atoms with van der Waals surface area (Å²) in [5.74, 6) is -0.147. The summed E-state index contributed by atoms with van der Waals surface area (Å²) in [7, 11) is 0. The molecule has 0 aromatic heterocycles. The summed E-state index contributed by atoms with van der Waals surface area (Å²) < 4.78 is 4.85. The van der Waals surface area contributed by atoms with E-state index in [9.17, 15) is 4.79 Å². The zero-order chi connectivity index (χ0) is 11.0. The van der Waals surface area contributed by atoms with Gasteiger partial charge in [-0.1, -0.05) is 39.7 Å². The van der Waals surface area contributed by atoms with Gasteiger partial charge in [0.1, 0.15) is 0 Å². The number of hydrogen-bond acceptors (Lipinski definition) is 2. The van der Waals surface area contributed by atoms with Gasteiger partial charge in [-0.15, -0.1) is 0 Å². The van der Waals surface area contributed by atoms with Crippen LogP contribution in [0.5, 0.6) is 0 Å². The molecule has 0 aromatic rings. The Kier molecular flexibility index (Phi) is 6.26. The maximum absolute atomic E-state index is 11.6. The Morgan fingerprint density at radius 1 is 1.43 bits per heavy atom. The van der Waals surface area contributed by atoms with Gasteiger partial charge in [0.25, 0.3) is 0 Å². The monoisotopic (exact) mass is 198 g/mol. The number of carbonyl (C=O) groups excluding carboxylic acids is 1. The number of rotatable bonds is 7. The third kappa shape index (κ3) is 3.95. The van der Waals surface area contributed by atoms with E-state index in [1.165, 1.54) is 19.1 Å². The summed E-state index contributed by atoms with van der Waals surface area (Å²) in [5, 5.41) is 0. The summed E-state index contributed by atoms with van der Waals surface area (Å²) in [6, 6.07) is 0. The molecule has 0 radical (unpaired) electrons. The Morgan fingerprint density at radius 2 is 2.07 bits per heavy atom. The van der Waals surface area contributed by atoms with Crippen molar-refractivity contribution in [1.29, 1.82) is 0 Å². The number of carbonyl (C=O) groups is 1. The molecule has 2 nitrogen and oxygen atoms in total. The normalized spacial score (nSPS) is 14.5. The van der Waals surface area contributed by atoms with Gasteiger partial charge in [0.05, 0.1) is 11.7 Å². The molecule has 0 aliphatic heterocycles. The van der Waals surface area contributed by atoms with E-state index in [1.54, 1.807) is 0 Å². The van der Waals surface area contributed by atoms with E-state index >= 15 is 0 Å². The van der Waals surface area contributed by atoms with Gasteiger partial charge >= 0.3 is 5.97 Å². The molecule has 0 aliphatic rings. The standard InChI is InChI=1S/C12H22O2/c1-5-8-9-10-12(4,6-2)11(13)14-7-3/h7H,3,5-6,8-10H2,1-2,4H3. The van der Waals surface area contributed by atoms with Crippen LogP contribution in [-0.2, 0) is 9.53 Å². The predicted octanol–water partition coefficient (Wildman–Crippen LogP) is 3.67. The summed E-state index contributed by atoms with van der Waals surface area (Å²) in [6.07, 6.45) is 6.39. The van der Waals surface area contributed by atoms with Crippen LogP contribution in [0.1, 0.15) is 52.9 Å². The lowest BCUT2D eigenvalue weighted by Gasteiger charge is -2.24. The molecule has 0 aromatic carbocycles. The fourth-order valence-electron chi connectivity index (χ4n) is 1.41. The first kappa shape index (κ1) is 13.2. The lowest BCUT2D eigenvalue weighted by atomic mass is 9.82. The number of esters is 1. The Labute approximate surface area is 87.3 Å². The van der Waals surface area contributed by atoms with Crippen LogP contribution in [0.2, 0.25) is 0 Å². The van der Waals surface area contributed by atoms with E-state index in [0.717, 1.165) is 19.3 Å². The molecule has 0 aliphatic carbocycles. The minimum absolute atomic E-state index is 0.147. The number of hydrogen-bond donors (Lipinski definition) is 0. The van der Waals surface area contributed by atoms with Crippen LogP contribution in [0.4, 0.5) is 0 Å². The van der Waals surface area contributed by atoms with Crippen molar-refractivity contribution < 1.29 is 9.53 Å². The van der Waals surface area contributed by atoms with Crippen LogP contribution in [0.25, 0.3) is 0 Å². The molecule has 1 unspecified atom stereocenters. The number of ether oxygens (including phenoxy) is 1. The minimum atomic E-state index is -0.330. The van der Waals surface area contributed by atoms with Crippen molar-refractivity contribution in [2.45, 2.75) is 52.9 Å². The van der Waals surface area contributed by atoms with Crippen LogP contribution in [-0.4, -0.2) is 5.97 Å². The van der Waals surface area contributed by atoms with Gasteiger partial charge in [-0.2, -0.15) is 0 Å². The smallest absolute Gasteiger partial charge is 0.316 e. The van der Waals surface area contributed by atoms with Gasteiger partial charge in [-0.25, -0.2) is 0 Å². The quantitative estimate of drug-likeness (QED) is 0.354. The third-order valence-corrected chi connectivity index (χ3v) is 2.80. The van der Waals surface area contributed by atoms with Crippen molar-refractivity contribution in [3.05, 3.63) is 12.8 Å². The Morgan fingerprint density at radius 3 is 2.50 bits per heavy atom. The molecule has 0 N–H and O–H groups in total. The van der Waals surface area contributed by atoms with E-state index in [4.69, 9.17) is 4.74 Å². The summed E-state index contributed by atoms with van der Waals surface area (Å²) in [4.78, 5) is 11.6. The molecule has 1 atom stereocenters.